The van der Waals surface area contributed by atoms with Crippen LogP contribution in [0.3, 0.4) is 0 Å². The molecular formula is C25H22F6N2O2. The molecule has 10 heteroatoms. The molecule has 2 aromatic rings. The molecule has 0 unspecified atom stereocenters. The topological polar surface area (TPSA) is 40.6 Å². The molecule has 0 bridgehead atoms. The van der Waals surface area contributed by atoms with Crippen molar-refractivity contribution < 1.29 is 35.9 Å². The summed E-state index contributed by atoms with van der Waals surface area (Å²) in [6, 6.07) is 8.41. The maximum atomic E-state index is 13.2. The summed E-state index contributed by atoms with van der Waals surface area (Å²) >= 11 is 0. The largest absolute Gasteiger partial charge is 0.416 e. The number of amides is 2. The Hall–Kier alpha value is -3.30. The van der Waals surface area contributed by atoms with Crippen molar-refractivity contribution in [2.75, 3.05) is 20.1 Å². The number of hydrogen-bond acceptors (Lipinski definition) is 2. The Balaban J connectivity index is 1.63. The van der Waals surface area contributed by atoms with Crippen LogP contribution in [0.4, 0.5) is 26.3 Å². The van der Waals surface area contributed by atoms with E-state index in [0.29, 0.717) is 12.1 Å². The maximum absolute atomic E-state index is 13.2. The van der Waals surface area contributed by atoms with Gasteiger partial charge in [0.2, 0.25) is 5.91 Å². The molecule has 4 rings (SSSR count). The number of aryl methyl sites for hydroxylation is 1. The second kappa shape index (κ2) is 8.42. The third-order valence-corrected chi connectivity index (χ3v) is 6.74. The minimum Gasteiger partial charge on any atom is -0.339 e. The van der Waals surface area contributed by atoms with Crippen LogP contribution in [0.25, 0.3) is 5.57 Å². The molecule has 4 nitrogen and oxygen atoms in total. The fraction of sp³-hybridized carbons (Fsp3) is 0.360. The minimum absolute atomic E-state index is 0.00568. The average molecular weight is 496 g/mol. The molecule has 186 valence electrons. The number of benzene rings is 2. The number of carbonyl (C=O) groups is 2. The first-order valence-electron chi connectivity index (χ1n) is 10.9. The Kier molecular flexibility index (Phi) is 5.97. The Morgan fingerprint density at radius 3 is 1.97 bits per heavy atom. The van der Waals surface area contributed by atoms with E-state index in [1.807, 2.05) is 31.2 Å². The van der Waals surface area contributed by atoms with Crippen molar-refractivity contribution in [2.24, 2.45) is 5.41 Å². The average Bonchev–Trinajstić information content (AvgIpc) is 3.03. The molecular weight excluding hydrogens is 474 g/mol. The second-order valence-electron chi connectivity index (χ2n) is 8.94. The van der Waals surface area contributed by atoms with Gasteiger partial charge in [-0.1, -0.05) is 24.3 Å². The van der Waals surface area contributed by atoms with Gasteiger partial charge in [0, 0.05) is 31.9 Å². The van der Waals surface area contributed by atoms with E-state index in [1.165, 1.54) is 9.80 Å². The molecule has 35 heavy (non-hydrogen) atoms. The number of nitrogens with zero attached hydrogens (tertiary/aromatic N) is 2. The lowest BCUT2D eigenvalue weighted by atomic mass is 9.70. The Morgan fingerprint density at radius 1 is 0.914 bits per heavy atom. The molecule has 2 aliphatic heterocycles. The van der Waals surface area contributed by atoms with Crippen LogP contribution < -0.4 is 0 Å². The number of rotatable bonds is 2. The van der Waals surface area contributed by atoms with Gasteiger partial charge in [-0.15, -0.1) is 0 Å². The third kappa shape index (κ3) is 4.41. The van der Waals surface area contributed by atoms with Crippen LogP contribution in [0, 0.1) is 12.3 Å². The number of halogens is 6. The van der Waals surface area contributed by atoms with Crippen LogP contribution in [0.15, 0.2) is 48.7 Å². The smallest absolute Gasteiger partial charge is 0.339 e. The van der Waals surface area contributed by atoms with Gasteiger partial charge in [0.25, 0.3) is 5.91 Å². The fourth-order valence-electron chi connectivity index (χ4n) is 4.87. The van der Waals surface area contributed by atoms with Crippen molar-refractivity contribution in [1.82, 2.24) is 9.80 Å². The molecule has 2 amide bonds. The quantitative estimate of drug-likeness (QED) is 0.496. The van der Waals surface area contributed by atoms with E-state index in [1.54, 1.807) is 13.2 Å². The maximum Gasteiger partial charge on any atom is 0.416 e. The van der Waals surface area contributed by atoms with Crippen LogP contribution in [0.2, 0.25) is 0 Å². The Morgan fingerprint density at radius 2 is 1.46 bits per heavy atom. The highest BCUT2D eigenvalue weighted by molar-refractivity contribution is 6.02. The molecule has 1 spiro atoms. The summed E-state index contributed by atoms with van der Waals surface area (Å²) in [7, 11) is 1.63. The molecule has 0 aliphatic carbocycles. The standard InChI is InChI=1S/C25H22F6N2O2/c1-15-5-3-4-6-19(15)20-14-32(2)22(35)23(20)7-9-33(10-8-23)21(34)16-11-17(24(26,27)28)13-18(12-16)25(29,30)31/h3-6,11-14H,7-10H2,1-2H3. The van der Waals surface area contributed by atoms with Gasteiger partial charge in [0.05, 0.1) is 16.5 Å². The second-order valence-corrected chi connectivity index (χ2v) is 8.94. The van der Waals surface area contributed by atoms with Crippen molar-refractivity contribution in [2.45, 2.75) is 32.1 Å². The lowest BCUT2D eigenvalue weighted by molar-refractivity contribution is -0.143. The zero-order valence-electron chi connectivity index (χ0n) is 18.9. The van der Waals surface area contributed by atoms with Gasteiger partial charge >= 0.3 is 12.4 Å². The first-order chi connectivity index (χ1) is 16.2. The number of piperidine rings is 1. The summed E-state index contributed by atoms with van der Waals surface area (Å²) in [5.41, 5.74) is -2.03. The molecule has 0 N–H and O–H groups in total. The summed E-state index contributed by atoms with van der Waals surface area (Å²) in [5.74, 6) is -1.09. The SMILES string of the molecule is Cc1ccccc1C1=CN(C)C(=O)C12CCN(C(=O)c1cc(C(F)(F)F)cc(C(F)(F)F)c1)CC2. The molecule has 2 aliphatic rings. The van der Waals surface area contributed by atoms with Crippen LogP contribution >= 0.6 is 0 Å². The minimum atomic E-state index is -5.05. The van der Waals surface area contributed by atoms with Crippen molar-refractivity contribution in [3.63, 3.8) is 0 Å². The lowest BCUT2D eigenvalue weighted by Crippen LogP contribution is -2.47. The summed E-state index contributed by atoms with van der Waals surface area (Å²) < 4.78 is 79.3. The molecule has 2 heterocycles. The van der Waals surface area contributed by atoms with Gasteiger partial charge < -0.3 is 9.80 Å². The first kappa shape index (κ1) is 24.8. The van der Waals surface area contributed by atoms with Crippen LogP contribution in [0.5, 0.6) is 0 Å². The summed E-state index contributed by atoms with van der Waals surface area (Å²) in [4.78, 5) is 28.8. The molecule has 0 aromatic heterocycles. The predicted octanol–water partition coefficient (Wildman–Crippen LogP) is 5.77. The highest BCUT2D eigenvalue weighted by atomic mass is 19.4. The normalized spacial score (nSPS) is 18.3. The molecule has 0 radical (unpaired) electrons. The van der Waals surface area contributed by atoms with E-state index in [2.05, 4.69) is 0 Å². The summed E-state index contributed by atoms with van der Waals surface area (Å²) in [5, 5.41) is 0. The van der Waals surface area contributed by atoms with E-state index in [-0.39, 0.29) is 37.9 Å². The van der Waals surface area contributed by atoms with Crippen molar-refractivity contribution in [3.05, 3.63) is 76.5 Å². The number of likely N-dealkylation sites (tertiary alicyclic amines) is 1. The van der Waals surface area contributed by atoms with Gasteiger partial charge in [-0.3, -0.25) is 9.59 Å². The highest BCUT2D eigenvalue weighted by Gasteiger charge is 2.50. The molecule has 2 aromatic carbocycles. The zero-order chi connectivity index (χ0) is 25.8. The molecule has 0 saturated carbocycles. The Labute approximate surface area is 197 Å². The zero-order valence-corrected chi connectivity index (χ0v) is 18.9. The van der Waals surface area contributed by atoms with Crippen LogP contribution in [-0.2, 0) is 17.1 Å². The molecule has 1 fully saturated rings. The number of alkyl halides is 6. The summed E-state index contributed by atoms with van der Waals surface area (Å²) in [6.07, 6.45) is -7.93. The summed E-state index contributed by atoms with van der Waals surface area (Å²) in [6.45, 7) is 1.94. The van der Waals surface area contributed by atoms with Gasteiger partial charge in [-0.2, -0.15) is 26.3 Å². The fourth-order valence-corrected chi connectivity index (χ4v) is 4.87. The number of carbonyl (C=O) groups excluding carboxylic acids is 2. The van der Waals surface area contributed by atoms with E-state index in [9.17, 15) is 35.9 Å². The highest BCUT2D eigenvalue weighted by Crippen LogP contribution is 2.50. The van der Waals surface area contributed by atoms with E-state index in [4.69, 9.17) is 0 Å². The first-order valence-corrected chi connectivity index (χ1v) is 10.9. The van der Waals surface area contributed by atoms with E-state index in [0.717, 1.165) is 16.7 Å². The predicted molar refractivity (Wildman–Crippen MR) is 116 cm³/mol. The lowest BCUT2D eigenvalue weighted by Gasteiger charge is -2.40. The van der Waals surface area contributed by atoms with Gasteiger partial charge in [0.1, 0.15) is 0 Å². The molecule has 0 atom stereocenters. The van der Waals surface area contributed by atoms with Crippen molar-refractivity contribution in [1.29, 1.82) is 0 Å². The molecule has 1 saturated heterocycles. The van der Waals surface area contributed by atoms with Crippen LogP contribution in [-0.4, -0.2) is 41.8 Å². The van der Waals surface area contributed by atoms with E-state index >= 15 is 0 Å². The van der Waals surface area contributed by atoms with Gasteiger partial charge in [-0.25, -0.2) is 0 Å². The van der Waals surface area contributed by atoms with Gasteiger partial charge in [0.15, 0.2) is 0 Å². The van der Waals surface area contributed by atoms with Crippen LogP contribution in [0.1, 0.15) is 45.5 Å². The van der Waals surface area contributed by atoms with Crippen molar-refractivity contribution >= 4 is 17.4 Å². The Bertz CT molecular complexity index is 1170. The number of hydrogen-bond donors (Lipinski definition) is 0. The monoisotopic (exact) mass is 496 g/mol. The van der Waals surface area contributed by atoms with Gasteiger partial charge in [-0.05, 0) is 54.7 Å². The van der Waals surface area contributed by atoms with E-state index < -0.39 is 40.4 Å². The van der Waals surface area contributed by atoms with Crippen molar-refractivity contribution in [3.8, 4) is 0 Å². The third-order valence-electron chi connectivity index (χ3n) is 6.74.